The predicted molar refractivity (Wildman–Crippen MR) is 168 cm³/mol. The molecule has 1 aliphatic carbocycles. The average molecular weight is 503 g/mol. The highest BCUT2D eigenvalue weighted by Crippen LogP contribution is 2.38. The summed E-state index contributed by atoms with van der Waals surface area (Å²) in [5.41, 5.74) is 13.6. The van der Waals surface area contributed by atoms with Crippen LogP contribution in [0.1, 0.15) is 35.9 Å². The minimum absolute atomic E-state index is 1.06. The summed E-state index contributed by atoms with van der Waals surface area (Å²) < 4.78 is 4.72. The Hall–Kier alpha value is -4.82. The van der Waals surface area contributed by atoms with E-state index in [0.717, 1.165) is 35.3 Å². The molecule has 7 rings (SSSR count). The second-order valence-corrected chi connectivity index (χ2v) is 10.4. The molecule has 0 atom stereocenters. The van der Waals surface area contributed by atoms with Crippen LogP contribution in [0.25, 0.3) is 62.5 Å². The lowest BCUT2D eigenvalue weighted by atomic mass is 9.94. The molecular weight excluding hydrogens is 472 g/mol. The molecule has 0 bridgehead atoms. The van der Waals surface area contributed by atoms with Gasteiger partial charge >= 0.3 is 0 Å². The fourth-order valence-electron chi connectivity index (χ4n) is 6.26. The number of nitrogens with zero attached hydrogens (tertiary/aromatic N) is 2. The Labute approximate surface area is 229 Å². The Balaban J connectivity index is 1.42. The number of hydrogen-bond donors (Lipinski definition) is 0. The number of benzene rings is 4. The molecule has 6 aromatic rings. The smallest absolute Gasteiger partial charge is 0.0541 e. The second kappa shape index (κ2) is 9.18. The molecule has 2 heteroatoms. The monoisotopic (exact) mass is 502 g/mol. The summed E-state index contributed by atoms with van der Waals surface area (Å²) in [5.74, 6) is 0. The third-order valence-electron chi connectivity index (χ3n) is 8.07. The number of aromatic nitrogens is 2. The van der Waals surface area contributed by atoms with Crippen LogP contribution in [0.4, 0.5) is 0 Å². The Morgan fingerprint density at radius 3 is 2.21 bits per heavy atom. The van der Waals surface area contributed by atoms with E-state index in [-0.39, 0.29) is 0 Å². The summed E-state index contributed by atoms with van der Waals surface area (Å²) in [4.78, 5) is 0. The van der Waals surface area contributed by atoms with E-state index in [0.29, 0.717) is 0 Å². The molecule has 2 heterocycles. The van der Waals surface area contributed by atoms with Crippen LogP contribution in [0.3, 0.4) is 0 Å². The standard InChI is InChI=1S/C37H30N2/c1-4-30-31-16-9-10-17-35(31)39(34(30)5-2)29-15-11-12-26(23-29)27-19-21-36-33(24-27)32-20-18-25(3)22-37(32)38(36)28-13-7-6-8-14-28/h4-17,19,21-24H,1-2,18,20H2,3H3. The molecule has 39 heavy (non-hydrogen) atoms. The van der Waals surface area contributed by atoms with E-state index in [9.17, 15) is 0 Å². The van der Waals surface area contributed by atoms with E-state index in [4.69, 9.17) is 0 Å². The topological polar surface area (TPSA) is 9.86 Å². The van der Waals surface area contributed by atoms with Gasteiger partial charge in [-0.15, -0.1) is 0 Å². The lowest BCUT2D eigenvalue weighted by Gasteiger charge is -2.14. The van der Waals surface area contributed by atoms with Gasteiger partial charge in [0, 0.05) is 33.4 Å². The molecule has 0 N–H and O–H groups in total. The molecule has 1 aliphatic rings. The van der Waals surface area contributed by atoms with Crippen molar-refractivity contribution >= 4 is 40.0 Å². The van der Waals surface area contributed by atoms with Crippen molar-refractivity contribution in [1.82, 2.24) is 9.13 Å². The van der Waals surface area contributed by atoms with Gasteiger partial charge in [0.1, 0.15) is 0 Å². The Kier molecular flexibility index (Phi) is 5.49. The van der Waals surface area contributed by atoms with Crippen LogP contribution in [0.2, 0.25) is 0 Å². The lowest BCUT2D eigenvalue weighted by molar-refractivity contribution is 0.917. The van der Waals surface area contributed by atoms with Crippen molar-refractivity contribution in [2.75, 3.05) is 0 Å². The molecule has 0 amide bonds. The molecular formula is C37H30N2. The van der Waals surface area contributed by atoms with Crippen molar-refractivity contribution in [1.29, 1.82) is 0 Å². The van der Waals surface area contributed by atoms with Gasteiger partial charge in [-0.2, -0.15) is 0 Å². The number of fused-ring (bicyclic) bond motifs is 4. The Morgan fingerprint density at radius 2 is 1.38 bits per heavy atom. The van der Waals surface area contributed by atoms with Gasteiger partial charge in [0.25, 0.3) is 0 Å². The first kappa shape index (κ1) is 23.3. The first-order valence-electron chi connectivity index (χ1n) is 13.6. The molecule has 0 fully saturated rings. The van der Waals surface area contributed by atoms with Gasteiger partial charge in [-0.3, -0.25) is 0 Å². The van der Waals surface area contributed by atoms with Crippen LogP contribution in [-0.2, 0) is 6.42 Å². The fraction of sp³-hybridized carbons (Fsp3) is 0.0811. The molecule has 0 saturated carbocycles. The average Bonchev–Trinajstić information content (AvgIpc) is 3.49. The van der Waals surface area contributed by atoms with E-state index < -0.39 is 0 Å². The summed E-state index contributed by atoms with van der Waals surface area (Å²) in [7, 11) is 0. The fourth-order valence-corrected chi connectivity index (χ4v) is 6.26. The first-order valence-corrected chi connectivity index (χ1v) is 13.6. The van der Waals surface area contributed by atoms with Crippen LogP contribution in [0.15, 0.2) is 116 Å². The predicted octanol–water partition coefficient (Wildman–Crippen LogP) is 9.88. The highest BCUT2D eigenvalue weighted by Gasteiger charge is 2.21. The maximum Gasteiger partial charge on any atom is 0.0541 e. The molecule has 0 radical (unpaired) electrons. The zero-order valence-corrected chi connectivity index (χ0v) is 22.2. The summed E-state index contributed by atoms with van der Waals surface area (Å²) in [5, 5.41) is 2.53. The van der Waals surface area contributed by atoms with Crippen LogP contribution < -0.4 is 0 Å². The largest absolute Gasteiger partial charge is 0.310 e. The molecule has 0 aliphatic heterocycles. The third kappa shape index (κ3) is 3.64. The van der Waals surface area contributed by atoms with Crippen molar-refractivity contribution in [3.8, 4) is 22.5 Å². The van der Waals surface area contributed by atoms with Gasteiger partial charge in [-0.05, 0) is 91.1 Å². The number of rotatable bonds is 5. The molecule has 188 valence electrons. The van der Waals surface area contributed by atoms with E-state index >= 15 is 0 Å². The number of allylic oxidation sites excluding steroid dienone is 1. The van der Waals surface area contributed by atoms with E-state index in [1.54, 1.807) is 0 Å². The first-order chi connectivity index (χ1) is 19.2. The zero-order chi connectivity index (χ0) is 26.5. The van der Waals surface area contributed by atoms with Gasteiger partial charge in [-0.25, -0.2) is 0 Å². The van der Waals surface area contributed by atoms with E-state index in [2.05, 4.69) is 132 Å². The van der Waals surface area contributed by atoms with Gasteiger partial charge in [0.2, 0.25) is 0 Å². The van der Waals surface area contributed by atoms with Crippen LogP contribution in [0, 0.1) is 0 Å². The zero-order valence-electron chi connectivity index (χ0n) is 22.2. The van der Waals surface area contributed by atoms with Crippen LogP contribution in [-0.4, -0.2) is 9.13 Å². The SMILES string of the molecule is C=Cc1c(C=C)n(-c2cccc(-c3ccc4c(c3)c3c(n4-c4ccccc4)C=C(C)CC3)c2)c2ccccc12. The molecule has 2 nitrogen and oxygen atoms in total. The number of hydrogen-bond acceptors (Lipinski definition) is 0. The number of aryl methyl sites for hydroxylation is 1. The van der Waals surface area contributed by atoms with Crippen molar-refractivity contribution in [3.05, 3.63) is 138 Å². The molecule has 0 saturated heterocycles. The quantitative estimate of drug-likeness (QED) is 0.222. The Bertz CT molecular complexity index is 1940. The van der Waals surface area contributed by atoms with Crippen LogP contribution >= 0.6 is 0 Å². The minimum Gasteiger partial charge on any atom is -0.310 e. The van der Waals surface area contributed by atoms with Gasteiger partial charge < -0.3 is 9.13 Å². The van der Waals surface area contributed by atoms with Crippen molar-refractivity contribution in [3.63, 3.8) is 0 Å². The highest BCUT2D eigenvalue weighted by atomic mass is 15.0. The molecule has 0 unspecified atom stereocenters. The Morgan fingerprint density at radius 1 is 0.641 bits per heavy atom. The minimum atomic E-state index is 1.06. The summed E-state index contributed by atoms with van der Waals surface area (Å²) >= 11 is 0. The highest BCUT2D eigenvalue weighted by molar-refractivity contribution is 5.96. The lowest BCUT2D eigenvalue weighted by Crippen LogP contribution is -2.01. The second-order valence-electron chi connectivity index (χ2n) is 10.4. The maximum atomic E-state index is 4.13. The van der Waals surface area contributed by atoms with Crippen molar-refractivity contribution in [2.24, 2.45) is 0 Å². The maximum absolute atomic E-state index is 4.13. The molecule has 0 spiro atoms. The third-order valence-corrected chi connectivity index (χ3v) is 8.07. The summed E-state index contributed by atoms with van der Waals surface area (Å²) in [6.07, 6.45) is 8.42. The summed E-state index contributed by atoms with van der Waals surface area (Å²) in [6, 6.07) is 35.0. The van der Waals surface area contributed by atoms with Crippen molar-refractivity contribution < 1.29 is 0 Å². The van der Waals surface area contributed by atoms with Crippen LogP contribution in [0.5, 0.6) is 0 Å². The van der Waals surface area contributed by atoms with Gasteiger partial charge in [0.05, 0.1) is 16.7 Å². The summed E-state index contributed by atoms with van der Waals surface area (Å²) in [6.45, 7) is 10.5. The normalized spacial score (nSPS) is 12.9. The molecule has 2 aromatic heterocycles. The van der Waals surface area contributed by atoms with Crippen molar-refractivity contribution in [2.45, 2.75) is 19.8 Å². The van der Waals surface area contributed by atoms with E-state index in [1.165, 1.54) is 49.9 Å². The van der Waals surface area contributed by atoms with Gasteiger partial charge in [0.15, 0.2) is 0 Å². The van der Waals surface area contributed by atoms with Gasteiger partial charge in [-0.1, -0.05) is 79.4 Å². The molecule has 4 aromatic carbocycles. The number of para-hydroxylation sites is 2. The van der Waals surface area contributed by atoms with E-state index in [1.807, 2.05) is 12.2 Å².